The van der Waals surface area contributed by atoms with Crippen molar-refractivity contribution in [3.63, 3.8) is 0 Å². The summed E-state index contributed by atoms with van der Waals surface area (Å²) in [5.41, 5.74) is 7.37. The molecule has 2 amide bonds. The topological polar surface area (TPSA) is 66.6 Å². The number of benzene rings is 1. The summed E-state index contributed by atoms with van der Waals surface area (Å²) in [6.07, 6.45) is 12.5. The number of nitrogens with zero attached hydrogens (tertiary/aromatic N) is 2. The Kier molecular flexibility index (Phi) is 7.31. The highest BCUT2D eigenvalue weighted by atomic mass is 16.2. The van der Waals surface area contributed by atoms with E-state index in [9.17, 15) is 9.59 Å². The first-order valence-electron chi connectivity index (χ1n) is 12.4. The van der Waals surface area contributed by atoms with Crippen molar-refractivity contribution in [2.24, 2.45) is 11.7 Å². The SMILES string of the molecule is CC(=O)N(CCCN1[C@@H]2CC[C@H]1CC(c1cccc(C(N)=O)c1)C2)CC1CCCCC1. The van der Waals surface area contributed by atoms with Gasteiger partial charge in [-0.2, -0.15) is 0 Å². The Hall–Kier alpha value is -1.88. The van der Waals surface area contributed by atoms with Crippen LogP contribution in [0.4, 0.5) is 0 Å². The van der Waals surface area contributed by atoms with Gasteiger partial charge in [0, 0.05) is 44.2 Å². The van der Waals surface area contributed by atoms with E-state index < -0.39 is 0 Å². The van der Waals surface area contributed by atoms with Crippen LogP contribution in [0, 0.1) is 5.92 Å². The lowest BCUT2D eigenvalue weighted by molar-refractivity contribution is -0.129. The lowest BCUT2D eigenvalue weighted by Gasteiger charge is -2.39. The molecule has 3 fully saturated rings. The number of amides is 2. The third kappa shape index (κ3) is 5.49. The summed E-state index contributed by atoms with van der Waals surface area (Å²) in [5.74, 6) is 1.13. The maximum Gasteiger partial charge on any atom is 0.248 e. The van der Waals surface area contributed by atoms with E-state index in [1.54, 1.807) is 6.92 Å². The molecule has 170 valence electrons. The number of rotatable bonds is 8. The van der Waals surface area contributed by atoms with Gasteiger partial charge < -0.3 is 10.6 Å². The largest absolute Gasteiger partial charge is 0.366 e. The molecule has 2 N–H and O–H groups in total. The van der Waals surface area contributed by atoms with Crippen LogP contribution in [0.3, 0.4) is 0 Å². The van der Waals surface area contributed by atoms with Gasteiger partial charge >= 0.3 is 0 Å². The van der Waals surface area contributed by atoms with Crippen molar-refractivity contribution < 1.29 is 9.59 Å². The number of fused-ring (bicyclic) bond motifs is 2. The third-order valence-corrected chi connectivity index (χ3v) is 8.02. The first-order valence-corrected chi connectivity index (χ1v) is 12.4. The standard InChI is InChI=1S/C26H39N3O2/c1-19(30)28(18-20-7-3-2-4-8-20)13-6-14-29-24-11-12-25(29)17-23(16-24)21-9-5-10-22(15-21)26(27)31/h5,9-10,15,20,23-25H,2-4,6-8,11-14,16-18H2,1H3,(H2,27,31)/t23?,24-,25+. The molecular weight excluding hydrogens is 386 g/mol. The van der Waals surface area contributed by atoms with Crippen molar-refractivity contribution in [3.8, 4) is 0 Å². The van der Waals surface area contributed by atoms with E-state index in [4.69, 9.17) is 5.73 Å². The molecule has 5 nitrogen and oxygen atoms in total. The van der Waals surface area contributed by atoms with Gasteiger partial charge in [0.15, 0.2) is 0 Å². The molecule has 0 spiro atoms. The Morgan fingerprint density at radius 1 is 1.06 bits per heavy atom. The summed E-state index contributed by atoms with van der Waals surface area (Å²) in [4.78, 5) is 28.6. The van der Waals surface area contributed by atoms with Crippen molar-refractivity contribution in [1.82, 2.24) is 9.80 Å². The number of hydrogen-bond acceptors (Lipinski definition) is 3. The van der Waals surface area contributed by atoms with Crippen molar-refractivity contribution in [2.75, 3.05) is 19.6 Å². The molecular formula is C26H39N3O2. The van der Waals surface area contributed by atoms with E-state index >= 15 is 0 Å². The van der Waals surface area contributed by atoms with Crippen molar-refractivity contribution in [1.29, 1.82) is 0 Å². The van der Waals surface area contributed by atoms with Crippen molar-refractivity contribution in [3.05, 3.63) is 35.4 Å². The molecule has 2 aliphatic heterocycles. The van der Waals surface area contributed by atoms with Gasteiger partial charge in [-0.3, -0.25) is 14.5 Å². The van der Waals surface area contributed by atoms with Gasteiger partial charge in [-0.1, -0.05) is 31.4 Å². The Labute approximate surface area is 187 Å². The average Bonchev–Trinajstić information content (AvgIpc) is 3.00. The number of carbonyl (C=O) groups excluding carboxylic acids is 2. The Balaban J connectivity index is 1.29. The minimum Gasteiger partial charge on any atom is -0.366 e. The molecule has 1 aromatic rings. The molecule has 3 aliphatic rings. The highest BCUT2D eigenvalue weighted by molar-refractivity contribution is 5.92. The molecule has 4 rings (SSSR count). The van der Waals surface area contributed by atoms with E-state index in [-0.39, 0.29) is 11.8 Å². The normalized spacial score (nSPS) is 26.7. The number of nitrogens with two attached hydrogens (primary N) is 1. The minimum absolute atomic E-state index is 0.238. The summed E-state index contributed by atoms with van der Waals surface area (Å²) in [7, 11) is 0. The van der Waals surface area contributed by atoms with Crippen LogP contribution in [0.15, 0.2) is 24.3 Å². The smallest absolute Gasteiger partial charge is 0.248 e. The van der Waals surface area contributed by atoms with Crippen LogP contribution in [-0.2, 0) is 4.79 Å². The van der Waals surface area contributed by atoms with E-state index in [0.717, 1.165) is 38.9 Å². The van der Waals surface area contributed by atoms with Gasteiger partial charge in [0.25, 0.3) is 0 Å². The first-order chi connectivity index (χ1) is 15.0. The fourth-order valence-corrected chi connectivity index (χ4v) is 6.36. The van der Waals surface area contributed by atoms with E-state index in [0.29, 0.717) is 29.5 Å². The van der Waals surface area contributed by atoms with Gasteiger partial charge in [0.05, 0.1) is 0 Å². The summed E-state index contributed by atoms with van der Waals surface area (Å²) in [6.45, 7) is 4.68. The van der Waals surface area contributed by atoms with Crippen LogP contribution in [0.1, 0.15) is 93.0 Å². The zero-order chi connectivity index (χ0) is 21.8. The fraction of sp³-hybridized carbons (Fsp3) is 0.692. The minimum atomic E-state index is -0.342. The van der Waals surface area contributed by atoms with Crippen molar-refractivity contribution >= 4 is 11.8 Å². The summed E-state index contributed by atoms with van der Waals surface area (Å²) < 4.78 is 0. The van der Waals surface area contributed by atoms with Gasteiger partial charge in [-0.25, -0.2) is 0 Å². The quantitative estimate of drug-likeness (QED) is 0.675. The summed E-state index contributed by atoms with van der Waals surface area (Å²) in [6, 6.07) is 9.19. The zero-order valence-corrected chi connectivity index (χ0v) is 19.1. The van der Waals surface area contributed by atoms with Crippen LogP contribution in [-0.4, -0.2) is 53.3 Å². The Morgan fingerprint density at radius 2 is 1.77 bits per heavy atom. The van der Waals surface area contributed by atoms with Crippen LogP contribution in [0.2, 0.25) is 0 Å². The average molecular weight is 426 g/mol. The Morgan fingerprint density at radius 3 is 2.42 bits per heavy atom. The molecule has 1 aromatic carbocycles. The molecule has 0 aromatic heterocycles. The van der Waals surface area contributed by atoms with Crippen LogP contribution in [0.5, 0.6) is 0 Å². The third-order valence-electron chi connectivity index (χ3n) is 8.02. The predicted molar refractivity (Wildman–Crippen MR) is 124 cm³/mol. The molecule has 2 heterocycles. The van der Waals surface area contributed by atoms with Crippen LogP contribution >= 0.6 is 0 Å². The molecule has 2 bridgehead atoms. The lowest BCUT2D eigenvalue weighted by atomic mass is 9.84. The Bertz CT molecular complexity index is 760. The molecule has 3 atom stereocenters. The molecule has 31 heavy (non-hydrogen) atoms. The van der Waals surface area contributed by atoms with Crippen molar-refractivity contribution in [2.45, 2.75) is 89.1 Å². The zero-order valence-electron chi connectivity index (χ0n) is 19.1. The second kappa shape index (κ2) is 10.2. The second-order valence-corrected chi connectivity index (χ2v) is 10.1. The van der Waals surface area contributed by atoms with Gasteiger partial charge in [0.2, 0.25) is 11.8 Å². The predicted octanol–water partition coefficient (Wildman–Crippen LogP) is 4.31. The summed E-state index contributed by atoms with van der Waals surface area (Å²) >= 11 is 0. The van der Waals surface area contributed by atoms with Crippen LogP contribution in [0.25, 0.3) is 0 Å². The lowest BCUT2D eigenvalue weighted by Crippen LogP contribution is -2.44. The van der Waals surface area contributed by atoms with Gasteiger partial charge in [0.1, 0.15) is 0 Å². The maximum absolute atomic E-state index is 12.2. The fourth-order valence-electron chi connectivity index (χ4n) is 6.36. The number of carbonyl (C=O) groups is 2. The molecule has 1 aliphatic carbocycles. The van der Waals surface area contributed by atoms with Gasteiger partial charge in [-0.15, -0.1) is 0 Å². The first kappa shape index (κ1) is 22.3. The van der Waals surface area contributed by atoms with E-state index in [1.165, 1.54) is 50.5 Å². The molecule has 5 heteroatoms. The highest BCUT2D eigenvalue weighted by Gasteiger charge is 2.40. The second-order valence-electron chi connectivity index (χ2n) is 10.1. The van der Waals surface area contributed by atoms with E-state index in [2.05, 4.69) is 15.9 Å². The number of hydrogen-bond donors (Lipinski definition) is 1. The summed E-state index contributed by atoms with van der Waals surface area (Å²) in [5, 5.41) is 0. The number of piperidine rings is 1. The molecule has 0 radical (unpaired) electrons. The maximum atomic E-state index is 12.2. The molecule has 1 unspecified atom stereocenters. The highest BCUT2D eigenvalue weighted by Crippen LogP contribution is 2.43. The van der Waals surface area contributed by atoms with Crippen LogP contribution < -0.4 is 5.73 Å². The number of primary amides is 1. The molecule has 2 saturated heterocycles. The monoisotopic (exact) mass is 425 g/mol. The van der Waals surface area contributed by atoms with Gasteiger partial charge in [-0.05, 0) is 74.5 Å². The molecule has 1 saturated carbocycles. The van der Waals surface area contributed by atoms with E-state index in [1.807, 2.05) is 18.2 Å².